The lowest BCUT2D eigenvalue weighted by Gasteiger charge is -2.41. The minimum absolute atomic E-state index is 0.0186. The lowest BCUT2D eigenvalue weighted by Crippen LogP contribution is -2.46. The van der Waals surface area contributed by atoms with E-state index >= 15 is 0 Å². The number of hydrogen-bond acceptors (Lipinski definition) is 4. The molecule has 4 aliphatic carbocycles. The summed E-state index contributed by atoms with van der Waals surface area (Å²) in [5, 5.41) is 0. The molecule has 164 valence electrons. The predicted octanol–water partition coefficient (Wildman–Crippen LogP) is 5.24. The third kappa shape index (κ3) is 2.98. The molecular formula is C25H40O4. The molecule has 4 nitrogen and oxygen atoms in total. The molecule has 0 aromatic heterocycles. The first-order valence-electron chi connectivity index (χ1n) is 11.7. The van der Waals surface area contributed by atoms with Gasteiger partial charge in [-0.05, 0) is 81.5 Å². The van der Waals surface area contributed by atoms with E-state index in [0.29, 0.717) is 17.8 Å². The van der Waals surface area contributed by atoms with Crippen molar-refractivity contribution >= 4 is 11.9 Å². The van der Waals surface area contributed by atoms with Crippen LogP contribution >= 0.6 is 0 Å². The van der Waals surface area contributed by atoms with Gasteiger partial charge in [0, 0.05) is 5.41 Å². The molecule has 4 fully saturated rings. The van der Waals surface area contributed by atoms with Crippen LogP contribution < -0.4 is 0 Å². The first kappa shape index (κ1) is 21.2. The van der Waals surface area contributed by atoms with Crippen molar-refractivity contribution in [3.8, 4) is 0 Å². The monoisotopic (exact) mass is 404 g/mol. The van der Waals surface area contributed by atoms with Crippen LogP contribution in [0.15, 0.2) is 0 Å². The van der Waals surface area contributed by atoms with Crippen LogP contribution in [0, 0.1) is 52.3 Å². The standard InChI is InChI=1S/C25H40O4/c1-13-14(2)17-12-16(13)19(20(17)22(27)29-23(3,4)5)21(26)28-18-11-15-9-10-25(18,8)24(15,6)7/h13-20H,9-12H2,1-8H3. The van der Waals surface area contributed by atoms with Crippen molar-refractivity contribution < 1.29 is 19.1 Å². The van der Waals surface area contributed by atoms with Crippen LogP contribution in [0.3, 0.4) is 0 Å². The van der Waals surface area contributed by atoms with Crippen molar-refractivity contribution in [1.29, 1.82) is 0 Å². The molecule has 0 spiro atoms. The Kier molecular flexibility index (Phi) is 4.72. The van der Waals surface area contributed by atoms with E-state index in [-0.39, 0.29) is 52.5 Å². The third-order valence-corrected chi connectivity index (χ3v) is 9.96. The summed E-state index contributed by atoms with van der Waals surface area (Å²) < 4.78 is 12.0. The van der Waals surface area contributed by atoms with Crippen LogP contribution in [0.4, 0.5) is 0 Å². The molecule has 9 unspecified atom stereocenters. The highest BCUT2D eigenvalue weighted by Crippen LogP contribution is 2.67. The van der Waals surface area contributed by atoms with Crippen LogP contribution in [0.5, 0.6) is 0 Å². The number of esters is 2. The van der Waals surface area contributed by atoms with E-state index in [4.69, 9.17) is 9.47 Å². The lowest BCUT2D eigenvalue weighted by atomic mass is 9.69. The van der Waals surface area contributed by atoms with Gasteiger partial charge in [0.05, 0.1) is 11.8 Å². The molecule has 0 N–H and O–H groups in total. The molecule has 0 heterocycles. The fraction of sp³-hybridized carbons (Fsp3) is 0.920. The van der Waals surface area contributed by atoms with Crippen molar-refractivity contribution in [1.82, 2.24) is 0 Å². The average molecular weight is 405 g/mol. The summed E-state index contributed by atoms with van der Waals surface area (Å²) in [5.41, 5.74) is -0.283. The first-order chi connectivity index (χ1) is 13.3. The molecule has 0 aromatic rings. The fourth-order valence-corrected chi connectivity index (χ4v) is 7.54. The Morgan fingerprint density at radius 2 is 1.45 bits per heavy atom. The van der Waals surface area contributed by atoms with Gasteiger partial charge in [0.2, 0.25) is 0 Å². The van der Waals surface area contributed by atoms with E-state index in [0.717, 1.165) is 19.3 Å². The van der Waals surface area contributed by atoms with Crippen molar-refractivity contribution in [2.75, 3.05) is 0 Å². The Bertz CT molecular complexity index is 704. The van der Waals surface area contributed by atoms with E-state index in [1.165, 1.54) is 6.42 Å². The van der Waals surface area contributed by atoms with Crippen LogP contribution in [-0.2, 0) is 19.1 Å². The highest BCUT2D eigenvalue weighted by atomic mass is 16.6. The second-order valence-electron chi connectivity index (χ2n) is 12.4. The smallest absolute Gasteiger partial charge is 0.310 e. The molecule has 29 heavy (non-hydrogen) atoms. The van der Waals surface area contributed by atoms with Gasteiger partial charge < -0.3 is 9.47 Å². The Hall–Kier alpha value is -1.06. The van der Waals surface area contributed by atoms with E-state index in [1.54, 1.807) is 0 Å². The minimum Gasteiger partial charge on any atom is -0.462 e. The molecule has 0 aliphatic heterocycles. The summed E-state index contributed by atoms with van der Waals surface area (Å²) in [7, 11) is 0. The number of rotatable bonds is 3. The molecule has 0 radical (unpaired) electrons. The van der Waals surface area contributed by atoms with Gasteiger partial charge in [-0.15, -0.1) is 0 Å². The van der Waals surface area contributed by atoms with Crippen molar-refractivity contribution in [3.05, 3.63) is 0 Å². The van der Waals surface area contributed by atoms with E-state index in [1.807, 2.05) is 20.8 Å². The van der Waals surface area contributed by atoms with Crippen molar-refractivity contribution in [2.45, 2.75) is 92.8 Å². The zero-order chi connectivity index (χ0) is 21.5. The maximum absolute atomic E-state index is 13.5. The molecule has 4 rings (SSSR count). The van der Waals surface area contributed by atoms with Crippen LogP contribution in [0.25, 0.3) is 0 Å². The second kappa shape index (κ2) is 6.47. The molecule has 4 saturated carbocycles. The average Bonchev–Trinajstić information content (AvgIpc) is 3.23. The normalized spacial score (nSPS) is 47.4. The maximum atomic E-state index is 13.5. The van der Waals surface area contributed by atoms with Crippen molar-refractivity contribution in [2.24, 2.45) is 52.3 Å². The third-order valence-electron chi connectivity index (χ3n) is 9.96. The Balaban J connectivity index is 1.55. The van der Waals surface area contributed by atoms with Crippen LogP contribution in [0.2, 0.25) is 0 Å². The minimum atomic E-state index is -0.537. The summed E-state index contributed by atoms with van der Waals surface area (Å²) >= 11 is 0. The Labute approximate surface area is 176 Å². The molecular weight excluding hydrogens is 364 g/mol. The van der Waals surface area contributed by atoms with E-state index in [2.05, 4.69) is 34.6 Å². The van der Waals surface area contributed by atoms with Gasteiger partial charge in [0.15, 0.2) is 0 Å². The topological polar surface area (TPSA) is 52.6 Å². The number of carbonyl (C=O) groups excluding carboxylic acids is 2. The highest BCUT2D eigenvalue weighted by molar-refractivity contribution is 5.84. The van der Waals surface area contributed by atoms with Gasteiger partial charge in [-0.2, -0.15) is 0 Å². The van der Waals surface area contributed by atoms with E-state index in [9.17, 15) is 9.59 Å². The van der Waals surface area contributed by atoms with Crippen LogP contribution in [0.1, 0.15) is 81.1 Å². The molecule has 0 saturated heterocycles. The van der Waals surface area contributed by atoms with Gasteiger partial charge in [-0.25, -0.2) is 0 Å². The molecule has 9 atom stereocenters. The van der Waals surface area contributed by atoms with E-state index < -0.39 is 5.60 Å². The van der Waals surface area contributed by atoms with Crippen molar-refractivity contribution in [3.63, 3.8) is 0 Å². The Morgan fingerprint density at radius 1 is 0.897 bits per heavy atom. The van der Waals surface area contributed by atoms with Gasteiger partial charge in [0.25, 0.3) is 0 Å². The lowest BCUT2D eigenvalue weighted by molar-refractivity contribution is -0.178. The Morgan fingerprint density at radius 3 is 1.90 bits per heavy atom. The molecule has 0 aromatic carbocycles. The van der Waals surface area contributed by atoms with Gasteiger partial charge in [-0.3, -0.25) is 9.59 Å². The fourth-order valence-electron chi connectivity index (χ4n) is 7.54. The second-order valence-corrected chi connectivity index (χ2v) is 12.4. The quantitative estimate of drug-likeness (QED) is 0.604. The number of ether oxygens (including phenoxy) is 2. The summed E-state index contributed by atoms with van der Waals surface area (Å²) in [6, 6.07) is 0. The summed E-state index contributed by atoms with van der Waals surface area (Å²) in [5.74, 6) is 0.958. The SMILES string of the molecule is CC1C(C)C2CC1C(C(=O)OC1CC3CCC1(C)C3(C)C)C2C(=O)OC(C)(C)C. The zero-order valence-electron chi connectivity index (χ0n) is 19.6. The summed E-state index contributed by atoms with van der Waals surface area (Å²) in [6.07, 6.45) is 4.26. The molecule has 0 amide bonds. The number of hydrogen-bond donors (Lipinski definition) is 0. The number of carbonyl (C=O) groups is 2. The first-order valence-corrected chi connectivity index (χ1v) is 11.7. The molecule has 4 aliphatic rings. The zero-order valence-corrected chi connectivity index (χ0v) is 19.6. The maximum Gasteiger partial charge on any atom is 0.310 e. The highest BCUT2D eigenvalue weighted by Gasteiger charge is 2.65. The van der Waals surface area contributed by atoms with Gasteiger partial charge in [0.1, 0.15) is 11.7 Å². The van der Waals surface area contributed by atoms with Gasteiger partial charge >= 0.3 is 11.9 Å². The predicted molar refractivity (Wildman–Crippen MR) is 112 cm³/mol. The summed E-state index contributed by atoms with van der Waals surface area (Å²) in [4.78, 5) is 26.6. The summed E-state index contributed by atoms with van der Waals surface area (Å²) in [6.45, 7) is 17.1. The molecule has 4 bridgehead atoms. The van der Waals surface area contributed by atoms with Crippen LogP contribution in [-0.4, -0.2) is 23.6 Å². The van der Waals surface area contributed by atoms with Gasteiger partial charge in [-0.1, -0.05) is 34.6 Å². The molecule has 4 heteroatoms. The number of fused-ring (bicyclic) bond motifs is 4. The largest absolute Gasteiger partial charge is 0.462 e.